The van der Waals surface area contributed by atoms with Gasteiger partial charge in [-0.1, -0.05) is 0 Å². The number of amides is 2. The molecule has 5 rings (SSSR count). The van der Waals surface area contributed by atoms with Crippen LogP contribution in [0.2, 0.25) is 0 Å². The maximum atomic E-state index is 13.4. The van der Waals surface area contributed by atoms with Crippen molar-refractivity contribution in [1.82, 2.24) is 9.80 Å². The number of carbonyl (C=O) groups excluding carboxylic acids is 2. The summed E-state index contributed by atoms with van der Waals surface area (Å²) in [5.41, 5.74) is 2.17. The number of rotatable bonds is 5. The molecule has 0 bridgehead atoms. The average molecular weight is 539 g/mol. The minimum Gasteiger partial charge on any atom is -0.496 e. The molecule has 2 saturated heterocycles. The monoisotopic (exact) mass is 538 g/mol. The Balaban J connectivity index is 1.23. The molecule has 0 aliphatic carbocycles. The Hall–Kier alpha value is -4.01. The molecule has 0 radical (unpaired) electrons. The summed E-state index contributed by atoms with van der Waals surface area (Å²) < 4.78 is 49.4. The molecule has 3 aromatic rings. The van der Waals surface area contributed by atoms with E-state index in [1.807, 2.05) is 35.8 Å². The Kier molecular flexibility index (Phi) is 7.01. The molecular weight excluding hydrogens is 509 g/mol. The van der Waals surface area contributed by atoms with E-state index < -0.39 is 11.7 Å². The van der Waals surface area contributed by atoms with Gasteiger partial charge in [0.05, 0.1) is 18.7 Å². The summed E-state index contributed by atoms with van der Waals surface area (Å²) in [7, 11) is 1.62. The fourth-order valence-electron chi connectivity index (χ4n) is 5.64. The third kappa shape index (κ3) is 5.30. The van der Waals surface area contributed by atoms with E-state index in [9.17, 15) is 22.8 Å². The second-order valence-electron chi connectivity index (χ2n) is 10.1. The van der Waals surface area contributed by atoms with E-state index in [1.54, 1.807) is 31.4 Å². The van der Waals surface area contributed by atoms with Gasteiger partial charge in [0.2, 0.25) is 0 Å². The molecule has 2 aliphatic heterocycles. The van der Waals surface area contributed by atoms with Crippen LogP contribution >= 0.6 is 0 Å². The molecule has 0 spiro atoms. The van der Waals surface area contributed by atoms with Crippen LogP contribution < -0.4 is 9.47 Å². The lowest BCUT2D eigenvalue weighted by molar-refractivity contribution is -0.137. The summed E-state index contributed by atoms with van der Waals surface area (Å²) in [5.74, 6) is 1.51. The van der Waals surface area contributed by atoms with Crippen molar-refractivity contribution in [3.05, 3.63) is 88.5 Å². The predicted molar refractivity (Wildman–Crippen MR) is 139 cm³/mol. The van der Waals surface area contributed by atoms with Crippen molar-refractivity contribution in [2.75, 3.05) is 26.7 Å². The van der Waals surface area contributed by atoms with Crippen molar-refractivity contribution in [1.29, 1.82) is 0 Å². The summed E-state index contributed by atoms with van der Waals surface area (Å²) in [5, 5.41) is 0. The van der Waals surface area contributed by atoms with Crippen LogP contribution in [0.15, 0.2) is 60.7 Å². The predicted octanol–water partition coefficient (Wildman–Crippen LogP) is 6.11. The molecule has 39 heavy (non-hydrogen) atoms. The van der Waals surface area contributed by atoms with Crippen molar-refractivity contribution >= 4 is 11.8 Å². The second-order valence-corrected chi connectivity index (χ2v) is 10.1. The van der Waals surface area contributed by atoms with Crippen LogP contribution in [-0.4, -0.2) is 54.4 Å². The van der Waals surface area contributed by atoms with E-state index >= 15 is 0 Å². The van der Waals surface area contributed by atoms with Gasteiger partial charge in [-0.2, -0.15) is 13.2 Å². The van der Waals surface area contributed by atoms with Gasteiger partial charge in [-0.05, 0) is 92.1 Å². The first-order valence-corrected chi connectivity index (χ1v) is 12.8. The van der Waals surface area contributed by atoms with Gasteiger partial charge in [0.1, 0.15) is 17.2 Å². The number of hydrogen-bond acceptors (Lipinski definition) is 4. The normalized spacial score (nSPS) is 18.7. The lowest BCUT2D eigenvalue weighted by Crippen LogP contribution is -2.40. The topological polar surface area (TPSA) is 59.1 Å². The number of halogens is 3. The van der Waals surface area contributed by atoms with Gasteiger partial charge >= 0.3 is 6.18 Å². The van der Waals surface area contributed by atoms with Gasteiger partial charge in [-0.3, -0.25) is 9.59 Å². The van der Waals surface area contributed by atoms with Crippen LogP contribution in [0, 0.1) is 19.8 Å². The van der Waals surface area contributed by atoms with E-state index in [1.165, 1.54) is 12.1 Å². The molecule has 2 heterocycles. The maximum absolute atomic E-state index is 13.4. The Morgan fingerprint density at radius 1 is 0.846 bits per heavy atom. The van der Waals surface area contributed by atoms with E-state index in [0.29, 0.717) is 36.5 Å². The third-order valence-electron chi connectivity index (χ3n) is 7.53. The summed E-state index contributed by atoms with van der Waals surface area (Å²) in [6, 6.07) is 14.6. The Bertz CT molecular complexity index is 1360. The molecule has 2 amide bonds. The summed E-state index contributed by atoms with van der Waals surface area (Å²) in [6.07, 6.45) is -3.58. The van der Waals surface area contributed by atoms with E-state index in [2.05, 4.69) is 0 Å². The summed E-state index contributed by atoms with van der Waals surface area (Å²) in [6.45, 7) is 5.55. The molecule has 0 unspecified atom stereocenters. The van der Waals surface area contributed by atoms with Crippen LogP contribution in [0.1, 0.15) is 43.8 Å². The van der Waals surface area contributed by atoms with Crippen molar-refractivity contribution in [2.24, 2.45) is 5.92 Å². The quantitative estimate of drug-likeness (QED) is 0.393. The van der Waals surface area contributed by atoms with Crippen molar-refractivity contribution in [2.45, 2.75) is 32.5 Å². The fraction of sp³-hybridized carbons (Fsp3) is 0.333. The first kappa shape index (κ1) is 26.6. The number of benzene rings is 3. The highest BCUT2D eigenvalue weighted by atomic mass is 19.4. The number of carbonyl (C=O) groups is 2. The maximum Gasteiger partial charge on any atom is 0.416 e. The molecular formula is C30H29F3N2O4. The van der Waals surface area contributed by atoms with Crippen molar-refractivity contribution in [3.63, 3.8) is 0 Å². The smallest absolute Gasteiger partial charge is 0.416 e. The highest BCUT2D eigenvalue weighted by Crippen LogP contribution is 2.35. The number of methoxy groups -OCH3 is 1. The van der Waals surface area contributed by atoms with Gasteiger partial charge < -0.3 is 19.3 Å². The molecule has 2 fully saturated rings. The number of aryl methyl sites for hydroxylation is 2. The molecule has 204 valence electrons. The second kappa shape index (κ2) is 10.3. The molecule has 0 aromatic heterocycles. The molecule has 2 aliphatic rings. The van der Waals surface area contributed by atoms with E-state index in [-0.39, 0.29) is 29.5 Å². The lowest BCUT2D eigenvalue weighted by atomic mass is 10.0. The van der Waals surface area contributed by atoms with Gasteiger partial charge in [0.25, 0.3) is 11.8 Å². The van der Waals surface area contributed by atoms with Crippen LogP contribution in [-0.2, 0) is 6.18 Å². The zero-order chi connectivity index (χ0) is 27.9. The lowest BCUT2D eigenvalue weighted by Gasteiger charge is -2.25. The number of ether oxygens (including phenoxy) is 2. The molecule has 9 heteroatoms. The standard InChI is InChI=1S/C30H29F3N2O4/c1-18-14-22(15-19(2)27(18)38-3)28(36)34-16-21-12-13-35(26(21)17-34)29(37)20-4-8-24(9-5-20)39-25-10-6-23(7-11-25)30(31,32)33/h4-11,14-15,21,26H,12-13,16-17H2,1-3H3/t21-,26+/m0/s1. The average Bonchev–Trinajstić information content (AvgIpc) is 3.49. The number of alkyl halides is 3. The molecule has 0 saturated carbocycles. The molecule has 2 atom stereocenters. The Morgan fingerprint density at radius 3 is 2.00 bits per heavy atom. The zero-order valence-corrected chi connectivity index (χ0v) is 21.9. The first-order chi connectivity index (χ1) is 18.5. The highest BCUT2D eigenvalue weighted by molar-refractivity contribution is 5.96. The first-order valence-electron chi connectivity index (χ1n) is 12.8. The van der Waals surface area contributed by atoms with Gasteiger partial charge in [-0.15, -0.1) is 0 Å². The minimum absolute atomic E-state index is 0.0459. The van der Waals surface area contributed by atoms with Crippen molar-refractivity contribution in [3.8, 4) is 17.2 Å². The highest BCUT2D eigenvalue weighted by Gasteiger charge is 2.45. The number of nitrogens with zero attached hydrogens (tertiary/aromatic N) is 2. The molecule has 3 aromatic carbocycles. The number of fused-ring (bicyclic) bond motifs is 1. The molecule has 0 N–H and O–H groups in total. The van der Waals surface area contributed by atoms with Crippen LogP contribution in [0.4, 0.5) is 13.2 Å². The molecule has 6 nitrogen and oxygen atoms in total. The minimum atomic E-state index is -4.41. The largest absolute Gasteiger partial charge is 0.496 e. The van der Waals surface area contributed by atoms with E-state index in [0.717, 1.165) is 35.4 Å². The zero-order valence-electron chi connectivity index (χ0n) is 21.9. The third-order valence-corrected chi connectivity index (χ3v) is 7.53. The van der Waals surface area contributed by atoms with Crippen LogP contribution in [0.3, 0.4) is 0 Å². The van der Waals surface area contributed by atoms with Gasteiger partial charge in [0, 0.05) is 36.7 Å². The number of likely N-dealkylation sites (tertiary alicyclic amines) is 2. The van der Waals surface area contributed by atoms with Gasteiger partial charge in [0.15, 0.2) is 0 Å². The Morgan fingerprint density at radius 2 is 1.44 bits per heavy atom. The Labute approximate surface area is 224 Å². The fourth-order valence-corrected chi connectivity index (χ4v) is 5.64. The van der Waals surface area contributed by atoms with Crippen LogP contribution in [0.5, 0.6) is 17.2 Å². The number of hydrogen-bond donors (Lipinski definition) is 0. The SMILES string of the molecule is COc1c(C)cc(C(=O)N2C[C@@H]3CCN(C(=O)c4ccc(Oc5ccc(C(F)(F)F)cc5)cc4)[C@@H]3C2)cc1C. The van der Waals surface area contributed by atoms with E-state index in [4.69, 9.17) is 9.47 Å². The van der Waals surface area contributed by atoms with Crippen LogP contribution in [0.25, 0.3) is 0 Å². The summed E-state index contributed by atoms with van der Waals surface area (Å²) >= 11 is 0. The summed E-state index contributed by atoms with van der Waals surface area (Å²) in [4.78, 5) is 30.3. The van der Waals surface area contributed by atoms with Gasteiger partial charge in [-0.25, -0.2) is 0 Å². The van der Waals surface area contributed by atoms with Crippen molar-refractivity contribution < 1.29 is 32.2 Å².